The van der Waals surface area contributed by atoms with Gasteiger partial charge in [-0.3, -0.25) is 0 Å². The van der Waals surface area contributed by atoms with Crippen LogP contribution < -0.4 is 25.9 Å². The van der Waals surface area contributed by atoms with Crippen molar-refractivity contribution in [2.75, 3.05) is 37.1 Å². The maximum atomic E-state index is 8.19. The van der Waals surface area contributed by atoms with Gasteiger partial charge in [-0.2, -0.15) is 0 Å². The van der Waals surface area contributed by atoms with Crippen LogP contribution in [0.5, 0.6) is 0 Å². The van der Waals surface area contributed by atoms with Crippen LogP contribution in [-0.2, 0) is 27.5 Å². The number of fused-ring (bicyclic) bond motifs is 20. The van der Waals surface area contributed by atoms with Crippen molar-refractivity contribution in [3.05, 3.63) is 78.4 Å². The molecular formula is C37H29N11OV. The van der Waals surface area contributed by atoms with Crippen LogP contribution in [0.2, 0.25) is 0 Å². The summed E-state index contributed by atoms with van der Waals surface area (Å²) >= 11 is 1.06. The van der Waals surface area contributed by atoms with Gasteiger partial charge in [-0.05, 0) is 46.3 Å². The second-order valence-corrected chi connectivity index (χ2v) is 11.6. The number of hydrogen-bond acceptors (Lipinski definition) is 10. The van der Waals surface area contributed by atoms with Gasteiger partial charge in [0.15, 0.2) is 0 Å². The summed E-state index contributed by atoms with van der Waals surface area (Å²) in [5, 5.41) is 13.5. The molecule has 0 unspecified atom stereocenters. The Morgan fingerprint density at radius 1 is 0.520 bits per heavy atom. The molecule has 243 valence electrons. The predicted molar refractivity (Wildman–Crippen MR) is 193 cm³/mol. The van der Waals surface area contributed by atoms with Crippen LogP contribution in [0.4, 0.5) is 17.1 Å². The van der Waals surface area contributed by atoms with E-state index in [4.69, 9.17) is 43.5 Å². The van der Waals surface area contributed by atoms with Crippen LogP contribution in [0.15, 0.2) is 72.8 Å². The van der Waals surface area contributed by atoms with Gasteiger partial charge in [-0.1, -0.05) is 61.5 Å². The fraction of sp³-hybridized carbons (Fsp3) is 0.135. The van der Waals surface area contributed by atoms with Gasteiger partial charge < -0.3 is 45.9 Å². The number of aryl methyl sites for hydroxylation is 1. The molecule has 0 fully saturated rings. The normalized spacial score (nSPS) is 11.5. The summed E-state index contributed by atoms with van der Waals surface area (Å²) in [6.45, 7) is 2.13. The van der Waals surface area contributed by atoms with Gasteiger partial charge in [-0.25, -0.2) is 9.97 Å². The zero-order chi connectivity index (χ0) is 34.5. The molecule has 0 saturated carbocycles. The van der Waals surface area contributed by atoms with Crippen LogP contribution in [-0.4, -0.2) is 51.0 Å². The van der Waals surface area contributed by atoms with Gasteiger partial charge >= 0.3 is 21.0 Å². The third-order valence-electron chi connectivity index (χ3n) is 9.09. The number of aromatic nitrogens is 8. The van der Waals surface area contributed by atoms with Crippen molar-refractivity contribution in [1.82, 2.24) is 39.9 Å². The quantitative estimate of drug-likeness (QED) is 0.179. The molecule has 50 heavy (non-hydrogen) atoms. The molecule has 9 rings (SSSR count). The second kappa shape index (κ2) is 12.5. The maximum absolute atomic E-state index is 8.19. The molecule has 3 N–H and O–H groups in total. The third-order valence-corrected chi connectivity index (χ3v) is 9.09. The van der Waals surface area contributed by atoms with Gasteiger partial charge in [0.1, 0.15) is 0 Å². The molecule has 0 aliphatic carbocycles. The molecule has 0 saturated heterocycles. The van der Waals surface area contributed by atoms with E-state index in [1.54, 1.807) is 0 Å². The predicted octanol–water partition coefficient (Wildman–Crippen LogP) is 6.69. The summed E-state index contributed by atoms with van der Waals surface area (Å²) < 4.78 is 8.19. The Balaban J connectivity index is 0.00000177. The van der Waals surface area contributed by atoms with Crippen molar-refractivity contribution in [3.63, 3.8) is 0 Å². The Morgan fingerprint density at radius 2 is 0.960 bits per heavy atom. The molecule has 7 aromatic rings. The molecule has 8 bridgehead atoms. The van der Waals surface area contributed by atoms with E-state index in [2.05, 4.69) is 28.9 Å². The van der Waals surface area contributed by atoms with Gasteiger partial charge in [0.25, 0.3) is 0 Å². The Bertz CT molecular complexity index is 2480. The Hall–Kier alpha value is -5.98. The van der Waals surface area contributed by atoms with Gasteiger partial charge in [-0.15, -0.1) is 0 Å². The Morgan fingerprint density at radius 3 is 1.48 bits per heavy atom. The second-order valence-electron chi connectivity index (χ2n) is 11.6. The zero-order valence-electron chi connectivity index (χ0n) is 27.6. The summed E-state index contributed by atoms with van der Waals surface area (Å²) in [5.41, 5.74) is 9.31. The molecule has 3 aromatic heterocycles. The van der Waals surface area contributed by atoms with E-state index in [0.717, 1.165) is 90.2 Å². The van der Waals surface area contributed by atoms with E-state index in [9.17, 15) is 0 Å². The summed E-state index contributed by atoms with van der Waals surface area (Å²) in [6, 6.07) is 24.2. The standard InChI is InChI=1S/C37H29N11.O.V/c1-5-18-10-6-11-19-26(18)34-41-30(19)43-35-28-21(13-8-16-24(28)39-3)32(45-35)47-37-29-22(14-9-17-25(29)40-4)33(48-37)46-36-27-20(31(42-34)44-36)12-7-15-23(27)38-2;;/h6-17,38-40H,5H2,1-4H3;;/q-2;;+2. The molecule has 0 amide bonds. The Kier molecular flexibility index (Phi) is 7.81. The molecule has 0 spiro atoms. The summed E-state index contributed by atoms with van der Waals surface area (Å²) in [5.74, 6) is 2.06. The fourth-order valence-electron chi connectivity index (χ4n) is 6.84. The zero-order valence-corrected chi connectivity index (χ0v) is 29.0. The van der Waals surface area contributed by atoms with Gasteiger partial charge in [0.05, 0.1) is 23.3 Å². The number of nitrogens with zero attached hydrogens (tertiary/aromatic N) is 8. The van der Waals surface area contributed by atoms with Crippen LogP contribution in [0, 0.1) is 0 Å². The SMILES string of the molecule is CCc1cccc2c3nc4nc(nc5[n-]c(nc6nc(nc([n-]3)c12)-c1cccc(NC)c1-6)c1cccc(NC)c51)-c1cccc(NC)c1-4.[O]=[V+2]. The fourth-order valence-corrected chi connectivity index (χ4v) is 6.84. The molecular weight excluding hydrogens is 665 g/mol. The van der Waals surface area contributed by atoms with Gasteiger partial charge in [0.2, 0.25) is 0 Å². The van der Waals surface area contributed by atoms with E-state index >= 15 is 0 Å². The first-order valence-electron chi connectivity index (χ1n) is 16.0. The monoisotopic (exact) mass is 694 g/mol. The first kappa shape index (κ1) is 31.3. The van der Waals surface area contributed by atoms with Crippen molar-refractivity contribution >= 4 is 61.2 Å². The average molecular weight is 695 g/mol. The average Bonchev–Trinajstić information content (AvgIpc) is 3.91. The van der Waals surface area contributed by atoms with Crippen molar-refractivity contribution in [2.24, 2.45) is 0 Å². The van der Waals surface area contributed by atoms with E-state index in [1.165, 1.54) is 0 Å². The molecule has 0 atom stereocenters. The number of anilines is 3. The van der Waals surface area contributed by atoms with Crippen molar-refractivity contribution in [3.8, 4) is 45.6 Å². The summed E-state index contributed by atoms with van der Waals surface area (Å²) in [7, 11) is 5.67. The topological polar surface area (TPSA) is 159 Å². The molecule has 13 heteroatoms. The molecule has 4 aromatic carbocycles. The number of rotatable bonds is 4. The Labute approximate surface area is 295 Å². The molecule has 12 nitrogen and oxygen atoms in total. The van der Waals surface area contributed by atoms with Crippen molar-refractivity contribution < 1.29 is 21.0 Å². The molecule has 2 aliphatic rings. The van der Waals surface area contributed by atoms with Crippen LogP contribution in [0.25, 0.3) is 89.7 Å². The molecule has 5 heterocycles. The summed E-state index contributed by atoms with van der Waals surface area (Å²) in [4.78, 5) is 40.6. The number of nitrogens with one attached hydrogen (secondary N) is 3. The van der Waals surface area contributed by atoms with E-state index < -0.39 is 0 Å². The van der Waals surface area contributed by atoms with Crippen LogP contribution in [0.1, 0.15) is 12.5 Å². The van der Waals surface area contributed by atoms with Crippen LogP contribution in [0.3, 0.4) is 0 Å². The number of hydrogen-bond donors (Lipinski definition) is 3. The van der Waals surface area contributed by atoms with E-state index in [0.29, 0.717) is 45.9 Å². The van der Waals surface area contributed by atoms with Crippen molar-refractivity contribution in [1.29, 1.82) is 0 Å². The molecule has 2 aliphatic heterocycles. The summed E-state index contributed by atoms with van der Waals surface area (Å²) in [6.07, 6.45) is 0.807. The van der Waals surface area contributed by atoms with Crippen LogP contribution >= 0.6 is 0 Å². The third kappa shape index (κ3) is 4.75. The van der Waals surface area contributed by atoms with E-state index in [-0.39, 0.29) is 0 Å². The minimum atomic E-state index is 0.503. The minimum absolute atomic E-state index is 0.503. The van der Waals surface area contributed by atoms with Crippen molar-refractivity contribution in [2.45, 2.75) is 13.3 Å². The first-order valence-corrected chi connectivity index (χ1v) is 16.6. The van der Waals surface area contributed by atoms with E-state index in [1.807, 2.05) is 87.9 Å². The molecule has 0 radical (unpaired) electrons. The van der Waals surface area contributed by atoms with Gasteiger partial charge in [0, 0.05) is 88.4 Å². The number of benzene rings is 4. The first-order chi connectivity index (χ1) is 24.6.